The van der Waals surface area contributed by atoms with Crippen molar-refractivity contribution < 1.29 is 19.0 Å². The van der Waals surface area contributed by atoms with Gasteiger partial charge in [-0.1, -0.05) is 18.2 Å². The largest absolute Gasteiger partial charge is 0.493 e. The van der Waals surface area contributed by atoms with Crippen LogP contribution in [0.2, 0.25) is 0 Å². The molecule has 0 unspecified atom stereocenters. The Balaban J connectivity index is 1.51. The molecule has 1 aliphatic heterocycles. The predicted molar refractivity (Wildman–Crippen MR) is 113 cm³/mol. The maximum absolute atomic E-state index is 12.2. The van der Waals surface area contributed by atoms with E-state index in [1.54, 1.807) is 21.3 Å². The van der Waals surface area contributed by atoms with Crippen LogP contribution in [0.25, 0.3) is 0 Å². The molecular weight excluding hydrogens is 370 g/mol. The van der Waals surface area contributed by atoms with Crippen molar-refractivity contribution in [2.45, 2.75) is 25.4 Å². The third-order valence-electron chi connectivity index (χ3n) is 5.09. The molecule has 0 bridgehead atoms. The minimum Gasteiger partial charge on any atom is -0.493 e. The van der Waals surface area contributed by atoms with Crippen molar-refractivity contribution in [2.24, 2.45) is 0 Å². The van der Waals surface area contributed by atoms with Gasteiger partial charge in [-0.15, -0.1) is 0 Å². The summed E-state index contributed by atoms with van der Waals surface area (Å²) in [7, 11) is 4.85. The Morgan fingerprint density at radius 2 is 1.62 bits per heavy atom. The summed E-state index contributed by atoms with van der Waals surface area (Å²) in [5, 5.41) is 5.94. The summed E-state index contributed by atoms with van der Waals surface area (Å²) in [5.41, 5.74) is 1.90. The second-order valence-corrected chi connectivity index (χ2v) is 7.05. The van der Waals surface area contributed by atoms with E-state index in [2.05, 4.69) is 15.5 Å². The number of amides is 2. The first kappa shape index (κ1) is 20.8. The Hall–Kier alpha value is -2.93. The lowest BCUT2D eigenvalue weighted by atomic mass is 10.0. The molecule has 0 spiro atoms. The quantitative estimate of drug-likeness (QED) is 0.746. The summed E-state index contributed by atoms with van der Waals surface area (Å²) in [5.74, 6) is 1.93. The van der Waals surface area contributed by atoms with Crippen molar-refractivity contribution in [2.75, 3.05) is 39.7 Å². The van der Waals surface area contributed by atoms with Gasteiger partial charge >= 0.3 is 6.03 Å². The molecule has 2 amide bonds. The molecule has 0 saturated carbocycles. The molecule has 1 heterocycles. The van der Waals surface area contributed by atoms with Crippen LogP contribution in [0.1, 0.15) is 18.4 Å². The van der Waals surface area contributed by atoms with Crippen LogP contribution in [-0.2, 0) is 6.54 Å². The van der Waals surface area contributed by atoms with Gasteiger partial charge in [0.25, 0.3) is 0 Å². The number of benzene rings is 2. The number of nitrogens with one attached hydrogen (secondary N) is 2. The summed E-state index contributed by atoms with van der Waals surface area (Å²) in [6, 6.07) is 13.5. The van der Waals surface area contributed by atoms with Crippen LogP contribution in [0.15, 0.2) is 42.5 Å². The van der Waals surface area contributed by atoms with Crippen LogP contribution in [0, 0.1) is 0 Å². The van der Waals surface area contributed by atoms with E-state index >= 15 is 0 Å². The number of rotatable bonds is 7. The normalized spacial score (nSPS) is 14.9. The predicted octanol–water partition coefficient (Wildman–Crippen LogP) is 3.50. The van der Waals surface area contributed by atoms with E-state index in [0.29, 0.717) is 17.2 Å². The van der Waals surface area contributed by atoms with Crippen LogP contribution >= 0.6 is 0 Å². The third kappa shape index (κ3) is 5.54. The number of piperidine rings is 1. The van der Waals surface area contributed by atoms with Gasteiger partial charge in [0, 0.05) is 31.4 Å². The average molecular weight is 399 g/mol. The minimum atomic E-state index is -0.153. The lowest BCUT2D eigenvalue weighted by Gasteiger charge is -2.32. The summed E-state index contributed by atoms with van der Waals surface area (Å²) in [4.78, 5) is 14.5. The molecule has 0 atom stereocenters. The summed E-state index contributed by atoms with van der Waals surface area (Å²) < 4.78 is 16.3. The Morgan fingerprint density at radius 1 is 1.00 bits per heavy atom. The van der Waals surface area contributed by atoms with Gasteiger partial charge in [-0.2, -0.15) is 0 Å². The molecule has 0 aliphatic carbocycles. The first-order valence-electron chi connectivity index (χ1n) is 9.76. The highest BCUT2D eigenvalue weighted by Crippen LogP contribution is 2.38. The number of likely N-dealkylation sites (tertiary alicyclic amines) is 1. The molecule has 1 saturated heterocycles. The van der Waals surface area contributed by atoms with E-state index < -0.39 is 0 Å². The number of nitrogens with zero attached hydrogens (tertiary/aromatic N) is 1. The van der Waals surface area contributed by atoms with Crippen molar-refractivity contribution in [3.05, 3.63) is 48.0 Å². The van der Waals surface area contributed by atoms with Gasteiger partial charge in [0.05, 0.1) is 21.3 Å². The van der Waals surface area contributed by atoms with Crippen molar-refractivity contribution in [3.63, 3.8) is 0 Å². The number of hydrogen-bond acceptors (Lipinski definition) is 5. The van der Waals surface area contributed by atoms with Gasteiger partial charge in [-0.3, -0.25) is 4.90 Å². The number of methoxy groups -OCH3 is 3. The number of urea groups is 1. The molecule has 7 heteroatoms. The summed E-state index contributed by atoms with van der Waals surface area (Å²) in [6.07, 6.45) is 1.82. The number of para-hydroxylation sites is 1. The fourth-order valence-electron chi connectivity index (χ4n) is 3.59. The van der Waals surface area contributed by atoms with Crippen molar-refractivity contribution in [1.82, 2.24) is 10.2 Å². The molecule has 2 N–H and O–H groups in total. The maximum Gasteiger partial charge on any atom is 0.319 e. The van der Waals surface area contributed by atoms with Crippen LogP contribution in [-0.4, -0.2) is 51.4 Å². The molecule has 156 valence electrons. The molecule has 0 aromatic heterocycles. The zero-order valence-corrected chi connectivity index (χ0v) is 17.2. The number of carbonyl (C=O) groups excluding carboxylic acids is 1. The van der Waals surface area contributed by atoms with Crippen molar-refractivity contribution in [3.8, 4) is 17.2 Å². The monoisotopic (exact) mass is 399 g/mol. The molecule has 3 rings (SSSR count). The number of anilines is 1. The Bertz CT molecular complexity index is 780. The van der Waals surface area contributed by atoms with Crippen molar-refractivity contribution in [1.29, 1.82) is 0 Å². The molecule has 2 aromatic rings. The zero-order chi connectivity index (χ0) is 20.6. The number of hydrogen-bond donors (Lipinski definition) is 2. The van der Waals surface area contributed by atoms with Gasteiger partial charge in [-0.25, -0.2) is 4.79 Å². The van der Waals surface area contributed by atoms with E-state index in [9.17, 15) is 4.79 Å². The molecular formula is C22H29N3O4. The van der Waals surface area contributed by atoms with Gasteiger partial charge in [0.1, 0.15) is 0 Å². The minimum absolute atomic E-state index is 0.153. The highest BCUT2D eigenvalue weighted by Gasteiger charge is 2.22. The fraction of sp³-hybridized carbons (Fsp3) is 0.409. The summed E-state index contributed by atoms with van der Waals surface area (Å²) in [6.45, 7) is 2.61. The lowest BCUT2D eigenvalue weighted by Crippen LogP contribution is -2.45. The second-order valence-electron chi connectivity index (χ2n) is 7.05. The lowest BCUT2D eigenvalue weighted by molar-refractivity contribution is 0.189. The topological polar surface area (TPSA) is 72.1 Å². The number of ether oxygens (including phenoxy) is 3. The zero-order valence-electron chi connectivity index (χ0n) is 17.2. The first-order valence-corrected chi connectivity index (χ1v) is 9.76. The van der Waals surface area contributed by atoms with Crippen LogP contribution in [0.5, 0.6) is 17.2 Å². The molecule has 0 radical (unpaired) electrons. The molecule has 1 fully saturated rings. The third-order valence-corrected chi connectivity index (χ3v) is 5.09. The van der Waals surface area contributed by atoms with Gasteiger partial charge < -0.3 is 24.8 Å². The molecule has 7 nitrogen and oxygen atoms in total. The van der Waals surface area contributed by atoms with Crippen molar-refractivity contribution >= 4 is 11.7 Å². The molecule has 1 aliphatic rings. The number of carbonyl (C=O) groups is 1. The van der Waals surface area contributed by atoms with E-state index in [0.717, 1.165) is 43.7 Å². The van der Waals surface area contributed by atoms with Gasteiger partial charge in [0.2, 0.25) is 5.75 Å². The Labute approximate surface area is 171 Å². The second kappa shape index (κ2) is 10.0. The SMILES string of the molecule is COc1cc(CN2CCC(NC(=O)Nc3ccccc3)CC2)cc(OC)c1OC. The van der Waals surface area contributed by atoms with E-state index in [1.165, 1.54) is 0 Å². The average Bonchev–Trinajstić information content (AvgIpc) is 2.75. The van der Waals surface area contributed by atoms with Crippen LogP contribution in [0.4, 0.5) is 10.5 Å². The molecule has 2 aromatic carbocycles. The van der Waals surface area contributed by atoms with Gasteiger partial charge in [0.15, 0.2) is 11.5 Å². The molecule has 29 heavy (non-hydrogen) atoms. The highest BCUT2D eigenvalue weighted by molar-refractivity contribution is 5.89. The first-order chi connectivity index (χ1) is 14.1. The van der Waals surface area contributed by atoms with Crippen LogP contribution < -0.4 is 24.8 Å². The van der Waals surface area contributed by atoms with E-state index in [4.69, 9.17) is 14.2 Å². The Morgan fingerprint density at radius 3 is 2.17 bits per heavy atom. The van der Waals surface area contributed by atoms with E-state index in [1.807, 2.05) is 42.5 Å². The van der Waals surface area contributed by atoms with Gasteiger partial charge in [-0.05, 0) is 42.7 Å². The summed E-state index contributed by atoms with van der Waals surface area (Å²) >= 11 is 0. The smallest absolute Gasteiger partial charge is 0.319 e. The fourth-order valence-corrected chi connectivity index (χ4v) is 3.59. The van der Waals surface area contributed by atoms with E-state index in [-0.39, 0.29) is 12.1 Å². The Kier molecular flexibility index (Phi) is 7.19. The standard InChI is InChI=1S/C22H29N3O4/c1-27-19-13-16(14-20(28-2)21(19)29-3)15-25-11-9-18(10-12-25)24-22(26)23-17-7-5-4-6-8-17/h4-8,13-14,18H,9-12,15H2,1-3H3,(H2,23,24,26). The highest BCUT2D eigenvalue weighted by atomic mass is 16.5. The van der Waals surface area contributed by atoms with Crippen LogP contribution in [0.3, 0.4) is 0 Å². The maximum atomic E-state index is 12.2.